The largest absolute Gasteiger partial charge is 0.480 e. The number of amides is 1. The van der Waals surface area contributed by atoms with Crippen LogP contribution in [0, 0.1) is 5.41 Å². The first-order chi connectivity index (χ1) is 14.4. The number of rotatable bonds is 9. The zero-order valence-corrected chi connectivity index (χ0v) is 19.3. The minimum Gasteiger partial charge on any atom is -0.480 e. The van der Waals surface area contributed by atoms with E-state index in [1.807, 2.05) is 12.1 Å². The van der Waals surface area contributed by atoms with Crippen LogP contribution in [0.4, 0.5) is 0 Å². The second-order valence-electron chi connectivity index (χ2n) is 8.19. The Labute approximate surface area is 187 Å². The van der Waals surface area contributed by atoms with Gasteiger partial charge >= 0.3 is 5.97 Å². The van der Waals surface area contributed by atoms with Crippen LogP contribution >= 0.6 is 11.6 Å². The molecule has 0 fully saturated rings. The number of carbonyl (C=O) groups is 2. The van der Waals surface area contributed by atoms with Gasteiger partial charge in [-0.1, -0.05) is 56.6 Å². The molecule has 168 valence electrons. The zero-order chi connectivity index (χ0) is 23.2. The van der Waals surface area contributed by atoms with Crippen molar-refractivity contribution in [1.29, 1.82) is 0 Å². The molecule has 0 aliphatic rings. The minimum atomic E-state index is -4.03. The minimum absolute atomic E-state index is 0.0301. The number of carboxylic acid groups (broad SMARTS) is 1. The lowest BCUT2D eigenvalue weighted by atomic mass is 9.96. The first kappa shape index (κ1) is 24.8. The summed E-state index contributed by atoms with van der Waals surface area (Å²) in [5.41, 5.74) is 1.13. The van der Waals surface area contributed by atoms with Gasteiger partial charge in [-0.05, 0) is 48.2 Å². The third-order valence-corrected chi connectivity index (χ3v) is 6.31. The SMILES string of the molecule is CC(C)(C)C(=O)NCCCC(NS(=O)(=O)c1ccc(-c2ccc(Cl)cc2)cc1)C(=O)O. The second kappa shape index (κ2) is 10.3. The average molecular weight is 467 g/mol. The van der Waals surface area contributed by atoms with E-state index in [4.69, 9.17) is 11.6 Å². The highest BCUT2D eigenvalue weighted by molar-refractivity contribution is 7.89. The van der Waals surface area contributed by atoms with Crippen molar-refractivity contribution in [3.05, 3.63) is 53.6 Å². The number of carboxylic acids is 1. The maximum absolute atomic E-state index is 12.7. The van der Waals surface area contributed by atoms with Crippen LogP contribution in [0.2, 0.25) is 5.02 Å². The highest BCUT2D eigenvalue weighted by Crippen LogP contribution is 2.23. The molecule has 2 aromatic carbocycles. The predicted octanol–water partition coefficient (Wildman–Crippen LogP) is 3.68. The topological polar surface area (TPSA) is 113 Å². The summed E-state index contributed by atoms with van der Waals surface area (Å²) in [5.74, 6) is -1.43. The molecule has 9 heteroatoms. The van der Waals surface area contributed by atoms with Crippen molar-refractivity contribution < 1.29 is 23.1 Å². The maximum atomic E-state index is 12.7. The van der Waals surface area contributed by atoms with Gasteiger partial charge in [-0.15, -0.1) is 0 Å². The van der Waals surface area contributed by atoms with Gasteiger partial charge < -0.3 is 10.4 Å². The van der Waals surface area contributed by atoms with Gasteiger partial charge in [-0.3, -0.25) is 9.59 Å². The van der Waals surface area contributed by atoms with Gasteiger partial charge in [0, 0.05) is 17.0 Å². The van der Waals surface area contributed by atoms with Crippen molar-refractivity contribution in [2.45, 2.75) is 44.6 Å². The maximum Gasteiger partial charge on any atom is 0.321 e. The van der Waals surface area contributed by atoms with Crippen LogP contribution in [0.1, 0.15) is 33.6 Å². The first-order valence-electron chi connectivity index (χ1n) is 9.79. The molecule has 0 saturated heterocycles. The summed E-state index contributed by atoms with van der Waals surface area (Å²) in [5, 5.41) is 12.7. The molecule has 3 N–H and O–H groups in total. The number of sulfonamides is 1. The Morgan fingerprint density at radius 3 is 2.00 bits per heavy atom. The average Bonchev–Trinajstić information content (AvgIpc) is 2.70. The molecule has 0 aromatic heterocycles. The van der Waals surface area contributed by atoms with E-state index in [2.05, 4.69) is 10.0 Å². The summed E-state index contributed by atoms with van der Waals surface area (Å²) in [6.07, 6.45) is 0.360. The molecule has 1 atom stereocenters. The van der Waals surface area contributed by atoms with E-state index in [9.17, 15) is 23.1 Å². The zero-order valence-electron chi connectivity index (χ0n) is 17.7. The fraction of sp³-hybridized carbons (Fsp3) is 0.364. The molecule has 0 spiro atoms. The summed E-state index contributed by atoms with van der Waals surface area (Å²) in [7, 11) is -4.03. The number of benzene rings is 2. The van der Waals surface area contributed by atoms with Gasteiger partial charge in [0.25, 0.3) is 0 Å². The molecule has 0 aliphatic heterocycles. The second-order valence-corrected chi connectivity index (χ2v) is 10.3. The summed E-state index contributed by atoms with van der Waals surface area (Å²) < 4.78 is 27.5. The number of carbonyl (C=O) groups excluding carboxylic acids is 1. The number of hydrogen-bond acceptors (Lipinski definition) is 4. The highest BCUT2D eigenvalue weighted by Gasteiger charge is 2.26. The number of nitrogens with one attached hydrogen (secondary N) is 2. The van der Waals surface area contributed by atoms with E-state index in [-0.39, 0.29) is 23.8 Å². The number of halogens is 1. The smallest absolute Gasteiger partial charge is 0.321 e. The fourth-order valence-corrected chi connectivity index (χ4v) is 4.08. The lowest BCUT2D eigenvalue weighted by molar-refractivity contribution is -0.139. The number of hydrogen-bond donors (Lipinski definition) is 3. The molecule has 1 unspecified atom stereocenters. The Bertz CT molecular complexity index is 1010. The van der Waals surface area contributed by atoms with Crippen molar-refractivity contribution >= 4 is 33.5 Å². The van der Waals surface area contributed by atoms with Gasteiger partial charge in [0.15, 0.2) is 0 Å². The van der Waals surface area contributed by atoms with Gasteiger partial charge in [0.05, 0.1) is 4.90 Å². The molecule has 31 heavy (non-hydrogen) atoms. The quantitative estimate of drug-likeness (QED) is 0.488. The van der Waals surface area contributed by atoms with Crippen molar-refractivity contribution in [1.82, 2.24) is 10.0 Å². The molecule has 2 aromatic rings. The third-order valence-electron chi connectivity index (χ3n) is 4.57. The molecular formula is C22H27ClN2O5S. The molecule has 2 rings (SSSR count). The van der Waals surface area contributed by atoms with E-state index in [1.54, 1.807) is 45.0 Å². The van der Waals surface area contributed by atoms with Crippen LogP contribution in [-0.2, 0) is 19.6 Å². The standard InChI is InChI=1S/C22H27ClN2O5S/c1-22(2,3)21(28)24-14-4-5-19(20(26)27)25-31(29,30)18-12-8-16(9-13-18)15-6-10-17(23)11-7-15/h6-13,19,25H,4-5,14H2,1-3H3,(H,24,28)(H,26,27). The lowest BCUT2D eigenvalue weighted by Gasteiger charge is -2.18. The molecule has 0 aliphatic carbocycles. The van der Waals surface area contributed by atoms with E-state index in [1.165, 1.54) is 12.1 Å². The lowest BCUT2D eigenvalue weighted by Crippen LogP contribution is -2.41. The van der Waals surface area contributed by atoms with Crippen LogP contribution in [0.5, 0.6) is 0 Å². The van der Waals surface area contributed by atoms with Crippen LogP contribution in [0.25, 0.3) is 11.1 Å². The molecule has 1 amide bonds. The van der Waals surface area contributed by atoms with Crippen LogP contribution < -0.4 is 10.0 Å². The van der Waals surface area contributed by atoms with E-state index < -0.39 is 27.4 Å². The molecular weight excluding hydrogens is 440 g/mol. The molecule has 0 heterocycles. The van der Waals surface area contributed by atoms with Gasteiger partial charge in [-0.25, -0.2) is 8.42 Å². The summed E-state index contributed by atoms with van der Waals surface area (Å²) in [6, 6.07) is 12.0. The van der Waals surface area contributed by atoms with Gasteiger partial charge in [-0.2, -0.15) is 4.72 Å². The summed E-state index contributed by atoms with van der Waals surface area (Å²) in [6.45, 7) is 5.58. The van der Waals surface area contributed by atoms with Crippen molar-refractivity contribution in [2.75, 3.05) is 6.54 Å². The predicted molar refractivity (Wildman–Crippen MR) is 120 cm³/mol. The van der Waals surface area contributed by atoms with E-state index in [0.717, 1.165) is 11.1 Å². The number of aliphatic carboxylic acids is 1. The van der Waals surface area contributed by atoms with Crippen molar-refractivity contribution in [3.63, 3.8) is 0 Å². The molecule has 0 bridgehead atoms. The molecule has 0 saturated carbocycles. The van der Waals surface area contributed by atoms with E-state index in [0.29, 0.717) is 11.4 Å². The van der Waals surface area contributed by atoms with Crippen LogP contribution in [0.3, 0.4) is 0 Å². The molecule has 0 radical (unpaired) electrons. The first-order valence-corrected chi connectivity index (χ1v) is 11.7. The van der Waals surface area contributed by atoms with Crippen molar-refractivity contribution in [2.24, 2.45) is 5.41 Å². The van der Waals surface area contributed by atoms with Gasteiger partial charge in [0.1, 0.15) is 6.04 Å². The highest BCUT2D eigenvalue weighted by atomic mass is 35.5. The third kappa shape index (κ3) is 7.34. The Kier molecular flexibility index (Phi) is 8.22. The van der Waals surface area contributed by atoms with Gasteiger partial charge in [0.2, 0.25) is 15.9 Å². The Morgan fingerprint density at radius 1 is 1.00 bits per heavy atom. The Morgan fingerprint density at radius 2 is 1.52 bits per heavy atom. The summed E-state index contributed by atoms with van der Waals surface area (Å²) in [4.78, 5) is 23.4. The monoisotopic (exact) mass is 466 g/mol. The van der Waals surface area contributed by atoms with E-state index >= 15 is 0 Å². The normalized spacial score (nSPS) is 12.9. The van der Waals surface area contributed by atoms with Crippen LogP contribution in [0.15, 0.2) is 53.4 Å². The van der Waals surface area contributed by atoms with Crippen molar-refractivity contribution in [3.8, 4) is 11.1 Å². The molecule has 7 nitrogen and oxygen atoms in total. The summed E-state index contributed by atoms with van der Waals surface area (Å²) >= 11 is 5.88. The fourth-order valence-electron chi connectivity index (χ4n) is 2.73. The Balaban J connectivity index is 2.01. The van der Waals surface area contributed by atoms with Crippen LogP contribution in [-0.4, -0.2) is 38.0 Å². The Hall–Kier alpha value is -2.42.